The van der Waals surface area contributed by atoms with E-state index in [0.29, 0.717) is 36.7 Å². The summed E-state index contributed by atoms with van der Waals surface area (Å²) in [5.74, 6) is -2.41. The van der Waals surface area contributed by atoms with Gasteiger partial charge in [-0.05, 0) is 66.9 Å². The number of nitrogens with one attached hydrogen (secondary N) is 1. The summed E-state index contributed by atoms with van der Waals surface area (Å²) in [5, 5.41) is 0. The van der Waals surface area contributed by atoms with Gasteiger partial charge in [-0.25, -0.2) is 25.6 Å². The topological polar surface area (TPSA) is 83.6 Å². The van der Waals surface area contributed by atoms with Crippen molar-refractivity contribution in [2.75, 3.05) is 15.6 Å². The standard InChI is InChI=1S/C21H18F2N2O4S2/c22-19-10-9-18(14-20(19)23)30(26,27)24-16-8-11-21-15(13-16)5-4-12-25(21)31(28,29)17-6-2-1-3-7-17/h1-3,6-11,13-14,24H,4-5,12H2. The van der Waals surface area contributed by atoms with E-state index in [-0.39, 0.29) is 10.6 Å². The molecule has 1 aliphatic heterocycles. The van der Waals surface area contributed by atoms with Crippen LogP contribution in [0.2, 0.25) is 0 Å². The highest BCUT2D eigenvalue weighted by molar-refractivity contribution is 7.93. The molecule has 0 atom stereocenters. The number of fused-ring (bicyclic) bond motifs is 1. The fourth-order valence-corrected chi connectivity index (χ4v) is 6.08. The summed E-state index contributed by atoms with van der Waals surface area (Å²) >= 11 is 0. The van der Waals surface area contributed by atoms with Gasteiger partial charge in [0.15, 0.2) is 11.6 Å². The molecule has 1 aliphatic rings. The summed E-state index contributed by atoms with van der Waals surface area (Å²) in [5.41, 5.74) is 1.34. The lowest BCUT2D eigenvalue weighted by Crippen LogP contribution is -2.35. The first-order chi connectivity index (χ1) is 14.7. The summed E-state index contributed by atoms with van der Waals surface area (Å²) in [6.45, 7) is 0.310. The van der Waals surface area contributed by atoms with Crippen LogP contribution in [0.25, 0.3) is 0 Å². The molecule has 0 amide bonds. The number of anilines is 2. The molecule has 0 bridgehead atoms. The lowest BCUT2D eigenvalue weighted by molar-refractivity contribution is 0.504. The lowest BCUT2D eigenvalue weighted by Gasteiger charge is -2.31. The van der Waals surface area contributed by atoms with Crippen molar-refractivity contribution in [2.45, 2.75) is 22.6 Å². The second-order valence-electron chi connectivity index (χ2n) is 7.02. The van der Waals surface area contributed by atoms with Gasteiger partial charge >= 0.3 is 0 Å². The minimum absolute atomic E-state index is 0.172. The van der Waals surface area contributed by atoms with Crippen molar-refractivity contribution in [1.29, 1.82) is 0 Å². The molecule has 0 aliphatic carbocycles. The molecule has 31 heavy (non-hydrogen) atoms. The van der Waals surface area contributed by atoms with Crippen LogP contribution >= 0.6 is 0 Å². The van der Waals surface area contributed by atoms with E-state index >= 15 is 0 Å². The predicted octanol–water partition coefficient (Wildman–Crippen LogP) is 3.91. The van der Waals surface area contributed by atoms with Crippen molar-refractivity contribution in [3.05, 3.63) is 83.9 Å². The Morgan fingerprint density at radius 3 is 2.26 bits per heavy atom. The van der Waals surface area contributed by atoms with Crippen LogP contribution in [-0.4, -0.2) is 23.4 Å². The highest BCUT2D eigenvalue weighted by atomic mass is 32.2. The van der Waals surface area contributed by atoms with Gasteiger partial charge in [-0.15, -0.1) is 0 Å². The van der Waals surface area contributed by atoms with Crippen molar-refractivity contribution < 1.29 is 25.6 Å². The summed E-state index contributed by atoms with van der Waals surface area (Å²) in [4.78, 5) is -0.247. The van der Waals surface area contributed by atoms with Crippen molar-refractivity contribution in [1.82, 2.24) is 0 Å². The first-order valence-corrected chi connectivity index (χ1v) is 12.3. The minimum Gasteiger partial charge on any atom is -0.280 e. The van der Waals surface area contributed by atoms with Crippen molar-refractivity contribution in [3.63, 3.8) is 0 Å². The van der Waals surface area contributed by atoms with Gasteiger partial charge < -0.3 is 0 Å². The van der Waals surface area contributed by atoms with Crippen LogP contribution in [-0.2, 0) is 26.5 Å². The van der Waals surface area contributed by atoms with E-state index in [1.807, 2.05) is 0 Å². The number of benzene rings is 3. The summed E-state index contributed by atoms with van der Waals surface area (Å²) in [6.07, 6.45) is 1.13. The van der Waals surface area contributed by atoms with E-state index in [0.717, 1.165) is 12.1 Å². The molecule has 0 fully saturated rings. The average Bonchev–Trinajstić information content (AvgIpc) is 2.75. The number of aryl methyl sites for hydroxylation is 1. The molecule has 0 radical (unpaired) electrons. The highest BCUT2D eigenvalue weighted by Gasteiger charge is 2.29. The van der Waals surface area contributed by atoms with Gasteiger partial charge in [0, 0.05) is 12.2 Å². The zero-order chi connectivity index (χ0) is 22.2. The normalized spacial score (nSPS) is 14.2. The number of rotatable bonds is 5. The molecule has 162 valence electrons. The largest absolute Gasteiger partial charge is 0.280 e. The third-order valence-electron chi connectivity index (χ3n) is 4.94. The smallest absolute Gasteiger partial charge is 0.264 e. The second-order valence-corrected chi connectivity index (χ2v) is 10.6. The molecule has 10 heteroatoms. The Morgan fingerprint density at radius 1 is 0.806 bits per heavy atom. The lowest BCUT2D eigenvalue weighted by atomic mass is 10.0. The first kappa shape index (κ1) is 21.3. The molecule has 6 nitrogen and oxygen atoms in total. The van der Waals surface area contributed by atoms with E-state index in [2.05, 4.69) is 4.72 Å². The summed E-state index contributed by atoms with van der Waals surface area (Å²) in [7, 11) is -7.91. The molecule has 0 aromatic heterocycles. The quantitative estimate of drug-likeness (QED) is 0.621. The molecule has 0 saturated carbocycles. The molecule has 1 heterocycles. The van der Waals surface area contributed by atoms with Crippen molar-refractivity contribution >= 4 is 31.4 Å². The number of halogens is 2. The molecular weight excluding hydrogens is 446 g/mol. The van der Waals surface area contributed by atoms with Gasteiger partial charge in [0.25, 0.3) is 20.0 Å². The summed E-state index contributed by atoms with van der Waals surface area (Å²) in [6, 6.07) is 14.9. The Balaban J connectivity index is 1.65. The zero-order valence-electron chi connectivity index (χ0n) is 16.1. The molecule has 1 N–H and O–H groups in total. The molecular formula is C21H18F2N2O4S2. The molecule has 0 spiro atoms. The van der Waals surface area contributed by atoms with E-state index in [1.54, 1.807) is 24.3 Å². The van der Waals surface area contributed by atoms with Crippen LogP contribution < -0.4 is 9.03 Å². The minimum atomic E-state index is -4.15. The van der Waals surface area contributed by atoms with E-state index in [1.165, 1.54) is 28.6 Å². The van der Waals surface area contributed by atoms with Crippen LogP contribution in [0.4, 0.5) is 20.2 Å². The van der Waals surface area contributed by atoms with Crippen molar-refractivity contribution in [2.24, 2.45) is 0 Å². The average molecular weight is 465 g/mol. The Bertz CT molecular complexity index is 1350. The van der Waals surface area contributed by atoms with Crippen LogP contribution in [0.1, 0.15) is 12.0 Å². The number of nitrogens with zero attached hydrogens (tertiary/aromatic N) is 1. The Labute approximate surface area is 179 Å². The molecule has 0 unspecified atom stereocenters. The maximum absolute atomic E-state index is 13.4. The van der Waals surface area contributed by atoms with Gasteiger partial charge in [0.05, 0.1) is 15.5 Å². The van der Waals surface area contributed by atoms with Gasteiger partial charge in [0.2, 0.25) is 0 Å². The predicted molar refractivity (Wildman–Crippen MR) is 113 cm³/mol. The number of hydrogen-bond donors (Lipinski definition) is 1. The van der Waals surface area contributed by atoms with E-state index in [4.69, 9.17) is 0 Å². The zero-order valence-corrected chi connectivity index (χ0v) is 17.8. The summed E-state index contributed by atoms with van der Waals surface area (Å²) < 4.78 is 81.4. The Morgan fingerprint density at radius 2 is 1.55 bits per heavy atom. The van der Waals surface area contributed by atoms with Gasteiger partial charge in [-0.3, -0.25) is 9.03 Å². The fraction of sp³-hybridized carbons (Fsp3) is 0.143. The van der Waals surface area contributed by atoms with E-state index in [9.17, 15) is 25.6 Å². The molecule has 3 aromatic rings. The maximum Gasteiger partial charge on any atom is 0.264 e. The SMILES string of the molecule is O=S(=O)(Nc1ccc2c(c1)CCCN2S(=O)(=O)c1ccccc1)c1ccc(F)c(F)c1. The highest BCUT2D eigenvalue weighted by Crippen LogP contribution is 2.34. The number of sulfonamides is 2. The van der Waals surface area contributed by atoms with Crippen LogP contribution in [0.3, 0.4) is 0 Å². The Hall–Kier alpha value is -2.98. The van der Waals surface area contributed by atoms with Gasteiger partial charge in [0.1, 0.15) is 0 Å². The Kier molecular flexibility index (Phi) is 5.44. The van der Waals surface area contributed by atoms with Gasteiger partial charge in [-0.1, -0.05) is 18.2 Å². The monoisotopic (exact) mass is 464 g/mol. The molecule has 4 rings (SSSR count). The second kappa shape index (κ2) is 7.93. The van der Waals surface area contributed by atoms with Crippen molar-refractivity contribution in [3.8, 4) is 0 Å². The maximum atomic E-state index is 13.4. The van der Waals surface area contributed by atoms with E-state index < -0.39 is 36.6 Å². The fourth-order valence-electron chi connectivity index (χ4n) is 3.45. The van der Waals surface area contributed by atoms with Crippen LogP contribution in [0.15, 0.2) is 76.5 Å². The number of hydrogen-bond acceptors (Lipinski definition) is 4. The molecule has 3 aromatic carbocycles. The third kappa shape index (κ3) is 4.13. The van der Waals surface area contributed by atoms with Crippen LogP contribution in [0, 0.1) is 11.6 Å². The molecule has 0 saturated heterocycles. The third-order valence-corrected chi connectivity index (χ3v) is 8.15. The van der Waals surface area contributed by atoms with Gasteiger partial charge in [-0.2, -0.15) is 0 Å². The first-order valence-electron chi connectivity index (χ1n) is 9.37. The van der Waals surface area contributed by atoms with Crippen LogP contribution in [0.5, 0.6) is 0 Å².